The summed E-state index contributed by atoms with van der Waals surface area (Å²) in [5, 5.41) is 10.7. The zero-order chi connectivity index (χ0) is 13.3. The molecule has 0 aliphatic carbocycles. The second kappa shape index (κ2) is 5.26. The lowest BCUT2D eigenvalue weighted by atomic mass is 9.91. The highest BCUT2D eigenvalue weighted by Crippen LogP contribution is 2.33. The average Bonchev–Trinajstić information content (AvgIpc) is 2.27. The van der Waals surface area contributed by atoms with Crippen molar-refractivity contribution in [1.82, 2.24) is 0 Å². The second-order valence-electron chi connectivity index (χ2n) is 5.24. The van der Waals surface area contributed by atoms with Gasteiger partial charge in [0.15, 0.2) is 0 Å². The van der Waals surface area contributed by atoms with Crippen molar-refractivity contribution in [2.75, 3.05) is 18.0 Å². The van der Waals surface area contributed by atoms with Crippen molar-refractivity contribution in [3.63, 3.8) is 0 Å². The molecule has 98 valence electrons. The average molecular weight is 313 g/mol. The number of halogens is 1. The Labute approximate surface area is 115 Å². The predicted molar refractivity (Wildman–Crippen MR) is 76.0 cm³/mol. The van der Waals surface area contributed by atoms with Crippen molar-refractivity contribution in [3.8, 4) is 0 Å². The van der Waals surface area contributed by atoms with Crippen LogP contribution in [0.5, 0.6) is 0 Å². The molecule has 0 bridgehead atoms. The van der Waals surface area contributed by atoms with Gasteiger partial charge in [-0.05, 0) is 40.3 Å². The van der Waals surface area contributed by atoms with E-state index in [0.717, 1.165) is 23.2 Å². The number of anilines is 1. The second-order valence-corrected chi connectivity index (χ2v) is 6.10. The van der Waals surface area contributed by atoms with Crippen molar-refractivity contribution in [3.05, 3.63) is 32.8 Å². The summed E-state index contributed by atoms with van der Waals surface area (Å²) < 4.78 is 0.804. The summed E-state index contributed by atoms with van der Waals surface area (Å²) in [7, 11) is 0. The third kappa shape index (κ3) is 2.83. The Bertz CT molecular complexity index is 454. The predicted octanol–water partition coefficient (Wildman–Crippen LogP) is 3.84. The first kappa shape index (κ1) is 13.3. The molecule has 1 aromatic carbocycles. The fourth-order valence-electron chi connectivity index (χ4n) is 2.73. The van der Waals surface area contributed by atoms with Gasteiger partial charge in [0.25, 0.3) is 5.69 Å². The Kier molecular flexibility index (Phi) is 3.90. The van der Waals surface area contributed by atoms with E-state index in [4.69, 9.17) is 0 Å². The molecule has 2 unspecified atom stereocenters. The lowest BCUT2D eigenvalue weighted by molar-refractivity contribution is -0.384. The summed E-state index contributed by atoms with van der Waals surface area (Å²) >= 11 is 3.44. The van der Waals surface area contributed by atoms with E-state index >= 15 is 0 Å². The highest BCUT2D eigenvalue weighted by atomic mass is 79.9. The number of piperidine rings is 1. The summed E-state index contributed by atoms with van der Waals surface area (Å²) in [5.41, 5.74) is 1.18. The van der Waals surface area contributed by atoms with E-state index < -0.39 is 0 Å². The lowest BCUT2D eigenvalue weighted by Gasteiger charge is -2.37. The fraction of sp³-hybridized carbons (Fsp3) is 0.538. The van der Waals surface area contributed by atoms with Gasteiger partial charge < -0.3 is 4.90 Å². The fourth-order valence-corrected chi connectivity index (χ4v) is 3.34. The van der Waals surface area contributed by atoms with Gasteiger partial charge in [0.1, 0.15) is 0 Å². The molecule has 0 spiro atoms. The molecule has 2 atom stereocenters. The monoisotopic (exact) mass is 312 g/mol. The van der Waals surface area contributed by atoms with Crippen LogP contribution in [0.2, 0.25) is 0 Å². The smallest absolute Gasteiger partial charge is 0.270 e. The highest BCUT2D eigenvalue weighted by molar-refractivity contribution is 9.10. The van der Waals surface area contributed by atoms with Gasteiger partial charge in [-0.15, -0.1) is 0 Å². The largest absolute Gasteiger partial charge is 0.370 e. The third-order valence-corrected chi connectivity index (χ3v) is 3.99. The molecule has 1 aromatic rings. The molecule has 18 heavy (non-hydrogen) atoms. The molecule has 1 aliphatic rings. The summed E-state index contributed by atoms with van der Waals surface area (Å²) in [6.45, 7) is 6.53. The Hall–Kier alpha value is -1.10. The normalized spacial score (nSPS) is 24.1. The Balaban J connectivity index is 2.25. The van der Waals surface area contributed by atoms with Gasteiger partial charge in [-0.1, -0.05) is 13.8 Å². The van der Waals surface area contributed by atoms with Crippen LogP contribution in [0, 0.1) is 22.0 Å². The molecule has 2 rings (SSSR count). The van der Waals surface area contributed by atoms with Crippen LogP contribution in [0.1, 0.15) is 20.3 Å². The molecule has 1 fully saturated rings. The minimum absolute atomic E-state index is 0.128. The molecule has 4 nitrogen and oxygen atoms in total. The number of nitrogens with zero attached hydrogens (tertiary/aromatic N) is 2. The van der Waals surface area contributed by atoms with Crippen LogP contribution in [-0.2, 0) is 0 Å². The van der Waals surface area contributed by atoms with Gasteiger partial charge in [0, 0.05) is 29.7 Å². The molecule has 0 saturated carbocycles. The van der Waals surface area contributed by atoms with Gasteiger partial charge in [0.05, 0.1) is 10.6 Å². The molecule has 0 N–H and O–H groups in total. The van der Waals surface area contributed by atoms with E-state index in [1.165, 1.54) is 6.42 Å². The highest BCUT2D eigenvalue weighted by Gasteiger charge is 2.23. The molecular weight excluding hydrogens is 296 g/mol. The van der Waals surface area contributed by atoms with Crippen molar-refractivity contribution < 1.29 is 4.92 Å². The zero-order valence-electron chi connectivity index (χ0n) is 10.6. The summed E-state index contributed by atoms with van der Waals surface area (Å²) in [6.07, 6.45) is 1.25. The van der Waals surface area contributed by atoms with Gasteiger partial charge in [-0.2, -0.15) is 0 Å². The number of non-ortho nitro benzene ring substituents is 1. The molecule has 1 saturated heterocycles. The van der Waals surface area contributed by atoms with E-state index in [1.54, 1.807) is 12.1 Å². The first-order chi connectivity index (χ1) is 8.47. The Morgan fingerprint density at radius 1 is 1.33 bits per heavy atom. The maximum atomic E-state index is 10.7. The van der Waals surface area contributed by atoms with Crippen LogP contribution in [0.3, 0.4) is 0 Å². The third-order valence-electron chi connectivity index (χ3n) is 3.35. The van der Waals surface area contributed by atoms with E-state index in [-0.39, 0.29) is 10.6 Å². The van der Waals surface area contributed by atoms with E-state index in [0.29, 0.717) is 11.8 Å². The minimum Gasteiger partial charge on any atom is -0.370 e. The van der Waals surface area contributed by atoms with Crippen molar-refractivity contribution in [1.29, 1.82) is 0 Å². The van der Waals surface area contributed by atoms with Crippen LogP contribution in [0.4, 0.5) is 11.4 Å². The zero-order valence-corrected chi connectivity index (χ0v) is 12.2. The summed E-state index contributed by atoms with van der Waals surface area (Å²) in [6, 6.07) is 5.00. The molecular formula is C13H17BrN2O2. The van der Waals surface area contributed by atoms with Gasteiger partial charge in [-0.25, -0.2) is 0 Å². The van der Waals surface area contributed by atoms with E-state index in [2.05, 4.69) is 34.7 Å². The number of hydrogen-bond acceptors (Lipinski definition) is 3. The van der Waals surface area contributed by atoms with Crippen LogP contribution < -0.4 is 4.90 Å². The maximum Gasteiger partial charge on any atom is 0.270 e. The SMILES string of the molecule is CC1CC(C)CN(c2ccc([N+](=O)[O-])cc2Br)C1. The van der Waals surface area contributed by atoms with E-state index in [9.17, 15) is 10.1 Å². The van der Waals surface area contributed by atoms with Gasteiger partial charge in [-0.3, -0.25) is 10.1 Å². The lowest BCUT2D eigenvalue weighted by Crippen LogP contribution is -2.38. The number of hydrogen-bond donors (Lipinski definition) is 0. The van der Waals surface area contributed by atoms with Crippen molar-refractivity contribution in [2.24, 2.45) is 11.8 Å². The number of nitro groups is 1. The van der Waals surface area contributed by atoms with Crippen molar-refractivity contribution >= 4 is 27.3 Å². The first-order valence-electron chi connectivity index (χ1n) is 6.16. The summed E-state index contributed by atoms with van der Waals surface area (Å²) in [5.74, 6) is 1.33. The minimum atomic E-state index is -0.365. The maximum absolute atomic E-state index is 10.7. The van der Waals surface area contributed by atoms with Crippen LogP contribution >= 0.6 is 15.9 Å². The standard InChI is InChI=1S/C13H17BrN2O2/c1-9-5-10(2)8-15(7-9)13-4-3-11(16(17)18)6-12(13)14/h3-4,6,9-10H,5,7-8H2,1-2H3. The molecule has 0 aromatic heterocycles. The first-order valence-corrected chi connectivity index (χ1v) is 6.95. The van der Waals surface area contributed by atoms with Crippen LogP contribution in [0.15, 0.2) is 22.7 Å². The number of benzene rings is 1. The number of rotatable bonds is 2. The van der Waals surface area contributed by atoms with Crippen molar-refractivity contribution in [2.45, 2.75) is 20.3 Å². The Morgan fingerprint density at radius 3 is 2.44 bits per heavy atom. The number of nitro benzene ring substituents is 1. The Morgan fingerprint density at radius 2 is 1.94 bits per heavy atom. The molecule has 1 heterocycles. The topological polar surface area (TPSA) is 46.4 Å². The molecule has 0 radical (unpaired) electrons. The van der Waals surface area contributed by atoms with Gasteiger partial charge >= 0.3 is 0 Å². The van der Waals surface area contributed by atoms with Crippen LogP contribution in [-0.4, -0.2) is 18.0 Å². The molecule has 0 amide bonds. The quantitative estimate of drug-likeness (QED) is 0.615. The molecule has 5 heteroatoms. The van der Waals surface area contributed by atoms with E-state index in [1.807, 2.05) is 6.07 Å². The molecule has 1 aliphatic heterocycles. The van der Waals surface area contributed by atoms with Crippen LogP contribution in [0.25, 0.3) is 0 Å². The van der Waals surface area contributed by atoms with Gasteiger partial charge in [0.2, 0.25) is 0 Å². The summed E-state index contributed by atoms with van der Waals surface area (Å²) in [4.78, 5) is 12.7.